The molecule has 1 fully saturated rings. The number of aliphatic hydroxyl groups is 2. The highest BCUT2D eigenvalue weighted by atomic mass is 16.7. The van der Waals surface area contributed by atoms with E-state index in [4.69, 9.17) is 14.2 Å². The number of esters is 1. The third-order valence-corrected chi connectivity index (χ3v) is 6.54. The largest absolute Gasteiger partial charge is 0.425 e. The van der Waals surface area contributed by atoms with Gasteiger partial charge in [-0.05, 0) is 52.4 Å². The number of methoxy groups -OCH3 is 1. The normalized spacial score (nSPS) is 45.3. The molecular formula is C21H32O6. The molecule has 0 aliphatic carbocycles. The van der Waals surface area contributed by atoms with Gasteiger partial charge in [-0.15, -0.1) is 0 Å². The maximum absolute atomic E-state index is 12.3. The van der Waals surface area contributed by atoms with Crippen LogP contribution in [0.2, 0.25) is 0 Å². The lowest BCUT2D eigenvalue weighted by Crippen LogP contribution is -2.51. The first kappa shape index (κ1) is 20.5. The third-order valence-electron chi connectivity index (χ3n) is 6.54. The minimum atomic E-state index is -1.39. The van der Waals surface area contributed by atoms with Crippen molar-refractivity contribution in [2.24, 2.45) is 5.92 Å². The lowest BCUT2D eigenvalue weighted by molar-refractivity contribution is -0.201. The van der Waals surface area contributed by atoms with Crippen LogP contribution in [-0.2, 0) is 19.0 Å². The molecule has 152 valence electrons. The van der Waals surface area contributed by atoms with Gasteiger partial charge in [-0.3, -0.25) is 0 Å². The highest BCUT2D eigenvalue weighted by molar-refractivity contribution is 5.92. The second-order valence-electron chi connectivity index (χ2n) is 8.56. The van der Waals surface area contributed by atoms with E-state index in [9.17, 15) is 15.0 Å². The van der Waals surface area contributed by atoms with Gasteiger partial charge >= 0.3 is 5.97 Å². The van der Waals surface area contributed by atoms with Gasteiger partial charge in [0.05, 0.1) is 11.7 Å². The van der Waals surface area contributed by atoms with E-state index in [1.807, 2.05) is 13.8 Å². The van der Waals surface area contributed by atoms with Crippen LogP contribution in [0.3, 0.4) is 0 Å². The number of carbonyl (C=O) groups is 1. The van der Waals surface area contributed by atoms with E-state index in [-0.39, 0.29) is 11.7 Å². The number of rotatable bonds is 1. The minimum Gasteiger partial charge on any atom is -0.425 e. The summed E-state index contributed by atoms with van der Waals surface area (Å²) in [6.07, 6.45) is 3.35. The summed E-state index contributed by atoms with van der Waals surface area (Å²) in [5.74, 6) is -1.56. The molecule has 0 aromatic rings. The van der Waals surface area contributed by atoms with Crippen LogP contribution >= 0.6 is 0 Å². The van der Waals surface area contributed by atoms with Crippen LogP contribution in [0.1, 0.15) is 59.8 Å². The van der Waals surface area contributed by atoms with Crippen molar-refractivity contribution >= 4 is 5.97 Å². The number of hydrogen-bond donors (Lipinski definition) is 2. The van der Waals surface area contributed by atoms with Crippen molar-refractivity contribution in [2.45, 2.75) is 89.5 Å². The molecule has 27 heavy (non-hydrogen) atoms. The standard InChI is InChI=1S/C21H32O6/c1-12-7-6-8-13(2)15-9-10-20(4,26-15)18(23)17(22)16-14(3)19(24)27-21(16,11-12)25-5/h7,13,15,17-18,22-23H,6,8-11H2,1-5H3/b12-7+/t13-,15-,17-,18-,20+,21-/m0/s1. The van der Waals surface area contributed by atoms with Crippen LogP contribution in [0.25, 0.3) is 0 Å². The predicted molar refractivity (Wildman–Crippen MR) is 99.8 cm³/mol. The fourth-order valence-corrected chi connectivity index (χ4v) is 4.70. The molecule has 1 saturated heterocycles. The van der Waals surface area contributed by atoms with E-state index in [0.717, 1.165) is 24.8 Å². The summed E-state index contributed by atoms with van der Waals surface area (Å²) >= 11 is 0. The lowest BCUT2D eigenvalue weighted by atomic mass is 9.82. The quantitative estimate of drug-likeness (QED) is 0.537. The van der Waals surface area contributed by atoms with Crippen LogP contribution in [0.4, 0.5) is 0 Å². The summed E-state index contributed by atoms with van der Waals surface area (Å²) in [5.41, 5.74) is 0.725. The molecule has 0 aromatic heterocycles. The van der Waals surface area contributed by atoms with Crippen molar-refractivity contribution in [1.82, 2.24) is 0 Å². The van der Waals surface area contributed by atoms with E-state index in [1.54, 1.807) is 6.92 Å². The number of fused-ring (bicyclic) bond motifs is 3. The van der Waals surface area contributed by atoms with E-state index in [1.165, 1.54) is 7.11 Å². The maximum Gasteiger partial charge on any atom is 0.336 e. The van der Waals surface area contributed by atoms with E-state index >= 15 is 0 Å². The van der Waals surface area contributed by atoms with Crippen molar-refractivity contribution in [2.75, 3.05) is 7.11 Å². The highest BCUT2D eigenvalue weighted by Gasteiger charge is 2.55. The van der Waals surface area contributed by atoms with Gasteiger partial charge < -0.3 is 24.4 Å². The zero-order valence-corrected chi connectivity index (χ0v) is 16.9. The Labute approximate surface area is 161 Å². The summed E-state index contributed by atoms with van der Waals surface area (Å²) in [4.78, 5) is 12.3. The van der Waals surface area contributed by atoms with Gasteiger partial charge in [-0.2, -0.15) is 0 Å². The molecule has 2 N–H and O–H groups in total. The Bertz CT molecular complexity index is 668. The monoisotopic (exact) mass is 380 g/mol. The Balaban J connectivity index is 2.07. The average molecular weight is 380 g/mol. The van der Waals surface area contributed by atoms with Crippen molar-refractivity contribution in [1.29, 1.82) is 0 Å². The molecule has 2 bridgehead atoms. The maximum atomic E-state index is 12.3. The van der Waals surface area contributed by atoms with Gasteiger partial charge in [0, 0.05) is 24.7 Å². The molecule has 0 radical (unpaired) electrons. The molecule has 3 rings (SSSR count). The van der Waals surface area contributed by atoms with Crippen LogP contribution in [-0.4, -0.2) is 53.0 Å². The Hall–Kier alpha value is -1.21. The minimum absolute atomic E-state index is 0.0510. The molecule has 0 saturated carbocycles. The smallest absolute Gasteiger partial charge is 0.336 e. The van der Waals surface area contributed by atoms with Crippen molar-refractivity contribution < 1.29 is 29.2 Å². The third kappa shape index (κ3) is 3.48. The van der Waals surface area contributed by atoms with Gasteiger partial charge in [-0.1, -0.05) is 18.6 Å². The summed E-state index contributed by atoms with van der Waals surface area (Å²) < 4.78 is 17.5. The summed E-state index contributed by atoms with van der Waals surface area (Å²) in [5, 5.41) is 22.1. The SMILES string of the molecule is CO[C@]12C/C(C)=C/CC[C@H](C)[C@@H]3CC[C@@](C)(O3)[C@@H](O)[C@@H](O)C1=C(C)C(=O)O2. The molecule has 0 unspecified atom stereocenters. The summed E-state index contributed by atoms with van der Waals surface area (Å²) in [7, 11) is 1.46. The first-order valence-electron chi connectivity index (χ1n) is 9.83. The topological polar surface area (TPSA) is 85.2 Å². The first-order valence-corrected chi connectivity index (χ1v) is 9.83. The summed E-state index contributed by atoms with van der Waals surface area (Å²) in [6.45, 7) is 7.58. The Morgan fingerprint density at radius 1 is 1.26 bits per heavy atom. The number of carbonyl (C=O) groups excluding carboxylic acids is 1. The van der Waals surface area contributed by atoms with Crippen molar-refractivity contribution in [3.63, 3.8) is 0 Å². The van der Waals surface area contributed by atoms with E-state index in [0.29, 0.717) is 24.3 Å². The molecule has 6 atom stereocenters. The molecule has 0 spiro atoms. The second kappa shape index (κ2) is 7.32. The lowest BCUT2D eigenvalue weighted by Gasteiger charge is -2.38. The number of ether oxygens (including phenoxy) is 3. The molecule has 6 nitrogen and oxygen atoms in total. The molecule has 3 aliphatic heterocycles. The van der Waals surface area contributed by atoms with Crippen LogP contribution in [0.15, 0.2) is 22.8 Å². The van der Waals surface area contributed by atoms with E-state index < -0.39 is 29.6 Å². The number of aliphatic hydroxyl groups excluding tert-OH is 2. The molecule has 3 aliphatic rings. The second-order valence-corrected chi connectivity index (χ2v) is 8.56. The predicted octanol–water partition coefficient (Wildman–Crippen LogP) is 2.63. The zero-order valence-electron chi connectivity index (χ0n) is 16.9. The Morgan fingerprint density at radius 2 is 1.96 bits per heavy atom. The van der Waals surface area contributed by atoms with Crippen LogP contribution < -0.4 is 0 Å². The molecular weight excluding hydrogens is 348 g/mol. The van der Waals surface area contributed by atoms with Crippen molar-refractivity contribution in [3.05, 3.63) is 22.8 Å². The summed E-state index contributed by atoms with van der Waals surface area (Å²) in [6, 6.07) is 0. The van der Waals surface area contributed by atoms with E-state index in [2.05, 4.69) is 13.0 Å². The highest BCUT2D eigenvalue weighted by Crippen LogP contribution is 2.45. The molecule has 6 heteroatoms. The van der Waals surface area contributed by atoms with Gasteiger partial charge in [0.25, 0.3) is 0 Å². The average Bonchev–Trinajstić information content (AvgIpc) is 3.13. The van der Waals surface area contributed by atoms with Gasteiger partial charge in [0.1, 0.15) is 12.2 Å². The van der Waals surface area contributed by atoms with Gasteiger partial charge in [0.15, 0.2) is 0 Å². The van der Waals surface area contributed by atoms with Gasteiger partial charge in [-0.25, -0.2) is 4.79 Å². The molecule has 0 aromatic carbocycles. The molecule has 3 heterocycles. The first-order chi connectivity index (χ1) is 12.6. The van der Waals surface area contributed by atoms with Crippen LogP contribution in [0.5, 0.6) is 0 Å². The Morgan fingerprint density at radius 3 is 2.63 bits per heavy atom. The fourth-order valence-electron chi connectivity index (χ4n) is 4.70. The number of allylic oxidation sites excluding steroid dienone is 1. The number of hydrogen-bond acceptors (Lipinski definition) is 6. The van der Waals surface area contributed by atoms with Gasteiger partial charge in [0.2, 0.25) is 5.79 Å². The zero-order chi connectivity index (χ0) is 20.0. The molecule has 0 amide bonds. The Kier molecular flexibility index (Phi) is 5.56. The van der Waals surface area contributed by atoms with Crippen LogP contribution in [0, 0.1) is 5.92 Å². The fraction of sp³-hybridized carbons (Fsp3) is 0.762. The van der Waals surface area contributed by atoms with Crippen molar-refractivity contribution in [3.8, 4) is 0 Å².